The number of benzene rings is 4. The molecule has 0 amide bonds. The SMILES string of the molecule is c1ccc(-c2ccccc2N2Cc3cccc4cccc(c34)C2)cc1. The fourth-order valence-corrected chi connectivity index (χ4v) is 4.01. The minimum Gasteiger partial charge on any atom is -0.362 e. The summed E-state index contributed by atoms with van der Waals surface area (Å²) in [5.41, 5.74) is 6.72. The van der Waals surface area contributed by atoms with Crippen molar-refractivity contribution < 1.29 is 0 Å². The van der Waals surface area contributed by atoms with Gasteiger partial charge in [0.25, 0.3) is 0 Å². The van der Waals surface area contributed by atoms with Crippen LogP contribution in [0.4, 0.5) is 5.69 Å². The van der Waals surface area contributed by atoms with Gasteiger partial charge in [0.1, 0.15) is 0 Å². The van der Waals surface area contributed by atoms with Crippen molar-refractivity contribution in [2.75, 3.05) is 4.90 Å². The molecule has 4 aromatic carbocycles. The van der Waals surface area contributed by atoms with Gasteiger partial charge < -0.3 is 4.90 Å². The Morgan fingerprint density at radius 2 is 1.20 bits per heavy atom. The molecule has 0 aromatic heterocycles. The molecular weight excluding hydrogens is 302 g/mol. The van der Waals surface area contributed by atoms with Gasteiger partial charge in [-0.2, -0.15) is 0 Å². The number of hydrogen-bond acceptors (Lipinski definition) is 1. The Morgan fingerprint density at radius 3 is 1.92 bits per heavy atom. The summed E-state index contributed by atoms with van der Waals surface area (Å²) in [7, 11) is 0. The molecule has 0 aliphatic carbocycles. The highest BCUT2D eigenvalue weighted by atomic mass is 15.1. The number of hydrogen-bond donors (Lipinski definition) is 0. The molecule has 0 atom stereocenters. The van der Waals surface area contributed by atoms with Crippen LogP contribution >= 0.6 is 0 Å². The van der Waals surface area contributed by atoms with Gasteiger partial charge in [-0.25, -0.2) is 0 Å². The second kappa shape index (κ2) is 5.78. The monoisotopic (exact) mass is 321 g/mol. The molecule has 0 fully saturated rings. The summed E-state index contributed by atoms with van der Waals surface area (Å²) in [6.45, 7) is 1.91. The van der Waals surface area contributed by atoms with Gasteiger partial charge in [0, 0.05) is 24.3 Å². The van der Waals surface area contributed by atoms with Crippen LogP contribution in [0.1, 0.15) is 11.1 Å². The number of para-hydroxylation sites is 1. The highest BCUT2D eigenvalue weighted by Gasteiger charge is 2.20. The Morgan fingerprint density at radius 1 is 0.560 bits per heavy atom. The van der Waals surface area contributed by atoms with E-state index in [1.165, 1.54) is 38.7 Å². The zero-order valence-electron chi connectivity index (χ0n) is 14.0. The average Bonchev–Trinajstić information content (AvgIpc) is 2.69. The number of anilines is 1. The summed E-state index contributed by atoms with van der Waals surface area (Å²) < 4.78 is 0. The lowest BCUT2D eigenvalue weighted by molar-refractivity contribution is 0.789. The fourth-order valence-electron chi connectivity index (χ4n) is 4.01. The van der Waals surface area contributed by atoms with Gasteiger partial charge in [0.2, 0.25) is 0 Å². The lowest BCUT2D eigenvalue weighted by Gasteiger charge is -2.32. The van der Waals surface area contributed by atoms with Crippen LogP contribution in [-0.4, -0.2) is 0 Å². The maximum atomic E-state index is 2.50. The van der Waals surface area contributed by atoms with Crippen molar-refractivity contribution in [2.45, 2.75) is 13.1 Å². The molecule has 1 heteroatoms. The molecule has 0 N–H and O–H groups in total. The van der Waals surface area contributed by atoms with Crippen molar-refractivity contribution in [2.24, 2.45) is 0 Å². The van der Waals surface area contributed by atoms with Gasteiger partial charge in [0.05, 0.1) is 0 Å². The summed E-state index contributed by atoms with van der Waals surface area (Å²) in [4.78, 5) is 2.50. The van der Waals surface area contributed by atoms with Crippen LogP contribution in [0.15, 0.2) is 91.0 Å². The molecule has 4 aromatic rings. The van der Waals surface area contributed by atoms with Crippen molar-refractivity contribution in [3.05, 3.63) is 102 Å². The van der Waals surface area contributed by atoms with Crippen molar-refractivity contribution in [1.29, 1.82) is 0 Å². The highest BCUT2D eigenvalue weighted by Crippen LogP contribution is 2.37. The second-order valence-corrected chi connectivity index (χ2v) is 6.67. The molecule has 0 radical (unpaired) electrons. The van der Waals surface area contributed by atoms with Crippen molar-refractivity contribution in [1.82, 2.24) is 0 Å². The van der Waals surface area contributed by atoms with Crippen LogP contribution in [0.5, 0.6) is 0 Å². The van der Waals surface area contributed by atoms with E-state index in [2.05, 4.69) is 95.9 Å². The number of rotatable bonds is 2. The molecule has 0 saturated heterocycles. The van der Waals surface area contributed by atoms with E-state index in [0.717, 1.165) is 13.1 Å². The van der Waals surface area contributed by atoms with Crippen LogP contribution in [0.25, 0.3) is 21.9 Å². The lowest BCUT2D eigenvalue weighted by atomic mass is 9.94. The second-order valence-electron chi connectivity index (χ2n) is 6.67. The minimum absolute atomic E-state index is 0.957. The maximum absolute atomic E-state index is 2.50. The topological polar surface area (TPSA) is 3.24 Å². The first-order chi connectivity index (χ1) is 12.4. The lowest BCUT2D eigenvalue weighted by Crippen LogP contribution is -2.26. The van der Waals surface area contributed by atoms with Crippen LogP contribution < -0.4 is 4.90 Å². The molecule has 1 aliphatic rings. The van der Waals surface area contributed by atoms with E-state index >= 15 is 0 Å². The third kappa shape index (κ3) is 2.40. The molecule has 0 unspecified atom stereocenters. The van der Waals surface area contributed by atoms with Crippen LogP contribution in [0.3, 0.4) is 0 Å². The standard InChI is InChI=1S/C24H19N/c1-2-8-18(9-3-1)22-14-4-5-15-23(22)25-16-20-12-6-10-19-11-7-13-21(17-25)24(19)20/h1-15H,16-17H2. The van der Waals surface area contributed by atoms with E-state index in [1.807, 2.05) is 0 Å². The molecule has 5 rings (SSSR count). The van der Waals surface area contributed by atoms with E-state index in [-0.39, 0.29) is 0 Å². The van der Waals surface area contributed by atoms with E-state index in [0.29, 0.717) is 0 Å². The Bertz CT molecular complexity index is 1010. The fraction of sp³-hybridized carbons (Fsp3) is 0.0833. The highest BCUT2D eigenvalue weighted by molar-refractivity contribution is 5.91. The van der Waals surface area contributed by atoms with Crippen molar-refractivity contribution >= 4 is 16.5 Å². The third-order valence-corrected chi connectivity index (χ3v) is 5.13. The zero-order chi connectivity index (χ0) is 16.6. The summed E-state index contributed by atoms with van der Waals surface area (Å²) in [5, 5.41) is 2.80. The molecule has 1 heterocycles. The first-order valence-electron chi connectivity index (χ1n) is 8.79. The van der Waals surface area contributed by atoms with E-state index < -0.39 is 0 Å². The van der Waals surface area contributed by atoms with E-state index in [4.69, 9.17) is 0 Å². The molecule has 1 nitrogen and oxygen atoms in total. The van der Waals surface area contributed by atoms with Gasteiger partial charge in [0.15, 0.2) is 0 Å². The predicted molar refractivity (Wildman–Crippen MR) is 106 cm³/mol. The van der Waals surface area contributed by atoms with Gasteiger partial charge in [-0.15, -0.1) is 0 Å². The Hall–Kier alpha value is -3.06. The van der Waals surface area contributed by atoms with Gasteiger partial charge >= 0.3 is 0 Å². The van der Waals surface area contributed by atoms with Crippen LogP contribution in [0, 0.1) is 0 Å². The molecule has 120 valence electrons. The smallest absolute Gasteiger partial charge is 0.0451 e. The van der Waals surface area contributed by atoms with Crippen LogP contribution in [0.2, 0.25) is 0 Å². The largest absolute Gasteiger partial charge is 0.362 e. The van der Waals surface area contributed by atoms with Gasteiger partial charge in [-0.1, -0.05) is 84.9 Å². The Balaban J connectivity index is 1.63. The minimum atomic E-state index is 0.957. The molecule has 0 bridgehead atoms. The third-order valence-electron chi connectivity index (χ3n) is 5.13. The summed E-state index contributed by atoms with van der Waals surface area (Å²) in [6, 6.07) is 32.7. The maximum Gasteiger partial charge on any atom is 0.0451 e. The summed E-state index contributed by atoms with van der Waals surface area (Å²) >= 11 is 0. The van der Waals surface area contributed by atoms with Gasteiger partial charge in [-0.05, 0) is 33.5 Å². The summed E-state index contributed by atoms with van der Waals surface area (Å²) in [6.07, 6.45) is 0. The van der Waals surface area contributed by atoms with Crippen molar-refractivity contribution in [3.8, 4) is 11.1 Å². The zero-order valence-corrected chi connectivity index (χ0v) is 14.0. The first-order valence-corrected chi connectivity index (χ1v) is 8.79. The normalized spacial score (nSPS) is 13.2. The van der Waals surface area contributed by atoms with E-state index in [9.17, 15) is 0 Å². The molecular formula is C24H19N. The van der Waals surface area contributed by atoms with E-state index in [1.54, 1.807) is 0 Å². The summed E-state index contributed by atoms with van der Waals surface area (Å²) in [5.74, 6) is 0. The van der Waals surface area contributed by atoms with Crippen molar-refractivity contribution in [3.63, 3.8) is 0 Å². The molecule has 1 aliphatic heterocycles. The molecule has 25 heavy (non-hydrogen) atoms. The van der Waals surface area contributed by atoms with Gasteiger partial charge in [-0.3, -0.25) is 0 Å². The Labute approximate surface area is 148 Å². The number of nitrogens with zero attached hydrogens (tertiary/aromatic N) is 1. The first kappa shape index (κ1) is 14.3. The molecule has 0 saturated carbocycles. The van der Waals surface area contributed by atoms with Crippen LogP contribution in [-0.2, 0) is 13.1 Å². The predicted octanol–water partition coefficient (Wildman–Crippen LogP) is 6.03. The molecule has 0 spiro atoms. The average molecular weight is 321 g/mol. The Kier molecular flexibility index (Phi) is 3.31. The quantitative estimate of drug-likeness (QED) is 0.436.